The van der Waals surface area contributed by atoms with Crippen LogP contribution in [0.3, 0.4) is 0 Å². The van der Waals surface area contributed by atoms with Crippen LogP contribution >= 0.6 is 0 Å². The predicted octanol–water partition coefficient (Wildman–Crippen LogP) is 4.90. The fraction of sp³-hybridized carbons (Fsp3) is 0.143. The Morgan fingerprint density at radius 2 is 1.69 bits per heavy atom. The van der Waals surface area contributed by atoms with E-state index in [1.54, 1.807) is 54.7 Å². The Balaban J connectivity index is 1.20. The van der Waals surface area contributed by atoms with Crippen molar-refractivity contribution >= 4 is 35.1 Å². The lowest BCUT2D eigenvalue weighted by atomic mass is 9.79. The summed E-state index contributed by atoms with van der Waals surface area (Å²) in [6.07, 6.45) is 2.04. The van der Waals surface area contributed by atoms with Gasteiger partial charge >= 0.3 is 6.09 Å². The zero-order chi connectivity index (χ0) is 33.6. The molecule has 3 amide bonds. The summed E-state index contributed by atoms with van der Waals surface area (Å²) in [6, 6.07) is 20.1. The second kappa shape index (κ2) is 11.8. The standard InChI is InChI=1S/C35H26F2N6O5/c36-24-11-22(12-25(37)14-24)31-39-17-28(42(34(47)48)18-20-5-2-1-3-6-20)32(45)43(31)19-29(44)40-26-9-8-21-15-35(16-23(21)13-26)27-7-4-10-38-30(27)41-33(35)46/h1-14,17H,15-16,18-19H2,(H,40,44)(H,47,48)(H,38,41,46). The van der Waals surface area contributed by atoms with E-state index in [-0.39, 0.29) is 29.5 Å². The Morgan fingerprint density at radius 3 is 2.44 bits per heavy atom. The molecule has 240 valence electrons. The first-order valence-electron chi connectivity index (χ1n) is 14.9. The van der Waals surface area contributed by atoms with Crippen molar-refractivity contribution in [3.63, 3.8) is 0 Å². The molecular weight excluding hydrogens is 622 g/mol. The van der Waals surface area contributed by atoms with Crippen molar-refractivity contribution in [1.82, 2.24) is 14.5 Å². The van der Waals surface area contributed by atoms with Gasteiger partial charge in [0.15, 0.2) is 0 Å². The number of carbonyl (C=O) groups is 3. The van der Waals surface area contributed by atoms with E-state index in [4.69, 9.17) is 0 Å². The monoisotopic (exact) mass is 648 g/mol. The van der Waals surface area contributed by atoms with Crippen LogP contribution in [0.15, 0.2) is 96.1 Å². The predicted molar refractivity (Wildman–Crippen MR) is 172 cm³/mol. The number of nitrogens with zero attached hydrogens (tertiary/aromatic N) is 4. The maximum atomic E-state index is 14.2. The van der Waals surface area contributed by atoms with Crippen LogP contribution in [0.5, 0.6) is 0 Å². The first kappa shape index (κ1) is 30.4. The van der Waals surface area contributed by atoms with Gasteiger partial charge in [-0.05, 0) is 59.9 Å². The van der Waals surface area contributed by atoms with Crippen LogP contribution in [0.4, 0.5) is 30.8 Å². The lowest BCUT2D eigenvalue weighted by Gasteiger charge is -2.21. The molecule has 0 bridgehead atoms. The van der Waals surface area contributed by atoms with Crippen molar-refractivity contribution in [1.29, 1.82) is 0 Å². The van der Waals surface area contributed by atoms with Crippen LogP contribution in [0, 0.1) is 11.6 Å². The van der Waals surface area contributed by atoms with Crippen LogP contribution in [-0.2, 0) is 40.9 Å². The van der Waals surface area contributed by atoms with Crippen LogP contribution in [0.1, 0.15) is 22.3 Å². The van der Waals surface area contributed by atoms with E-state index in [9.17, 15) is 33.1 Å². The van der Waals surface area contributed by atoms with Gasteiger partial charge in [0.2, 0.25) is 11.8 Å². The number of fused-ring (bicyclic) bond motifs is 3. The number of carboxylic acid groups (broad SMARTS) is 1. The number of benzene rings is 3. The first-order chi connectivity index (χ1) is 23.1. The zero-order valence-electron chi connectivity index (χ0n) is 25.1. The number of aromatic nitrogens is 3. The smallest absolute Gasteiger partial charge is 0.412 e. The van der Waals surface area contributed by atoms with Crippen LogP contribution < -0.4 is 21.1 Å². The molecule has 3 aromatic carbocycles. The number of hydrogen-bond donors (Lipinski definition) is 3. The minimum absolute atomic E-state index is 0.124. The van der Waals surface area contributed by atoms with Crippen LogP contribution in [0.2, 0.25) is 0 Å². The third-order valence-electron chi connectivity index (χ3n) is 8.62. The molecule has 2 aromatic heterocycles. The third kappa shape index (κ3) is 5.44. The van der Waals surface area contributed by atoms with E-state index in [1.807, 2.05) is 12.1 Å². The van der Waals surface area contributed by atoms with Crippen LogP contribution in [0.25, 0.3) is 11.4 Å². The van der Waals surface area contributed by atoms with Crippen LogP contribution in [-0.4, -0.2) is 37.5 Å². The summed E-state index contributed by atoms with van der Waals surface area (Å²) in [6.45, 7) is -0.850. The summed E-state index contributed by atoms with van der Waals surface area (Å²) in [4.78, 5) is 62.0. The number of anilines is 3. The van der Waals surface area contributed by atoms with Crippen molar-refractivity contribution in [2.75, 3.05) is 15.5 Å². The van der Waals surface area contributed by atoms with Gasteiger partial charge in [-0.15, -0.1) is 0 Å². The number of amides is 3. The fourth-order valence-electron chi connectivity index (χ4n) is 6.44. The second-order valence-corrected chi connectivity index (χ2v) is 11.7. The second-order valence-electron chi connectivity index (χ2n) is 11.7. The maximum Gasteiger partial charge on any atom is 0.412 e. The van der Waals surface area contributed by atoms with Crippen molar-refractivity contribution < 1.29 is 28.3 Å². The molecule has 0 saturated carbocycles. The number of carbonyl (C=O) groups excluding carboxylic acids is 2. The highest BCUT2D eigenvalue weighted by atomic mass is 19.1. The van der Waals surface area contributed by atoms with Crippen molar-refractivity contribution in [2.45, 2.75) is 31.3 Å². The average molecular weight is 649 g/mol. The van der Waals surface area contributed by atoms with Gasteiger partial charge in [-0.25, -0.2) is 23.5 Å². The molecule has 11 nitrogen and oxygen atoms in total. The van der Waals surface area contributed by atoms with E-state index < -0.39 is 41.2 Å². The molecule has 3 N–H and O–H groups in total. The number of pyridine rings is 1. The van der Waals surface area contributed by atoms with Crippen molar-refractivity contribution in [3.8, 4) is 11.4 Å². The molecule has 5 aromatic rings. The Bertz CT molecular complexity index is 2170. The molecule has 3 heterocycles. The summed E-state index contributed by atoms with van der Waals surface area (Å²) >= 11 is 0. The number of nitrogens with one attached hydrogen (secondary N) is 2. The summed E-state index contributed by atoms with van der Waals surface area (Å²) in [5.41, 5.74) is 1.40. The molecular formula is C35H26F2N6O5. The lowest BCUT2D eigenvalue weighted by molar-refractivity contribution is -0.120. The molecule has 0 radical (unpaired) electrons. The fourth-order valence-corrected chi connectivity index (χ4v) is 6.44. The Labute approximate surface area is 271 Å². The molecule has 0 saturated heterocycles. The normalized spacial score (nSPS) is 15.9. The van der Waals surface area contributed by atoms with Gasteiger partial charge in [0.1, 0.15) is 35.5 Å². The molecule has 1 atom stereocenters. The summed E-state index contributed by atoms with van der Waals surface area (Å²) in [5, 5.41) is 15.6. The Hall–Kier alpha value is -6.24. The average Bonchev–Trinajstić information content (AvgIpc) is 3.57. The Morgan fingerprint density at radius 1 is 0.938 bits per heavy atom. The molecule has 2 aliphatic rings. The third-order valence-corrected chi connectivity index (χ3v) is 8.62. The summed E-state index contributed by atoms with van der Waals surface area (Å²) in [7, 11) is 0. The van der Waals surface area contributed by atoms with Gasteiger partial charge in [0, 0.05) is 29.1 Å². The molecule has 0 fully saturated rings. The number of halogens is 2. The first-order valence-corrected chi connectivity index (χ1v) is 14.9. The molecule has 1 spiro atoms. The minimum atomic E-state index is -1.44. The Kier molecular flexibility index (Phi) is 7.50. The van der Waals surface area contributed by atoms with Gasteiger partial charge in [0.25, 0.3) is 5.56 Å². The van der Waals surface area contributed by atoms with Gasteiger partial charge in [-0.1, -0.05) is 42.5 Å². The largest absolute Gasteiger partial charge is 0.465 e. The highest BCUT2D eigenvalue weighted by Crippen LogP contribution is 2.47. The topological polar surface area (TPSA) is 147 Å². The summed E-state index contributed by atoms with van der Waals surface area (Å²) < 4.78 is 29.3. The molecule has 1 unspecified atom stereocenters. The molecule has 13 heteroatoms. The molecule has 1 aliphatic carbocycles. The SMILES string of the molecule is O=C(Cn1c(-c2cc(F)cc(F)c2)ncc(N(Cc2ccccc2)C(=O)O)c1=O)Nc1ccc2c(c1)CC1(C2)C(=O)Nc2ncccc21. The zero-order valence-corrected chi connectivity index (χ0v) is 25.1. The van der Waals surface area contributed by atoms with E-state index in [2.05, 4.69) is 20.6 Å². The van der Waals surface area contributed by atoms with Crippen molar-refractivity contribution in [3.05, 3.63) is 135 Å². The molecule has 7 rings (SSSR count). The summed E-state index contributed by atoms with van der Waals surface area (Å²) in [5.74, 6) is -2.39. The number of rotatable bonds is 7. The van der Waals surface area contributed by atoms with Gasteiger partial charge in [-0.3, -0.25) is 23.9 Å². The van der Waals surface area contributed by atoms with Crippen molar-refractivity contribution in [2.24, 2.45) is 0 Å². The highest BCUT2D eigenvalue weighted by Gasteiger charge is 2.51. The quantitative estimate of drug-likeness (QED) is 0.228. The highest BCUT2D eigenvalue weighted by molar-refractivity contribution is 6.06. The lowest BCUT2D eigenvalue weighted by Crippen LogP contribution is -2.38. The van der Waals surface area contributed by atoms with Gasteiger partial charge < -0.3 is 15.7 Å². The maximum absolute atomic E-state index is 14.2. The van der Waals surface area contributed by atoms with E-state index in [0.717, 1.165) is 44.5 Å². The van der Waals surface area contributed by atoms with E-state index in [1.165, 1.54) is 0 Å². The van der Waals surface area contributed by atoms with Gasteiger partial charge in [0.05, 0.1) is 18.2 Å². The van der Waals surface area contributed by atoms with E-state index in [0.29, 0.717) is 36.0 Å². The van der Waals surface area contributed by atoms with E-state index >= 15 is 0 Å². The molecule has 48 heavy (non-hydrogen) atoms. The molecule has 1 aliphatic heterocycles. The van der Waals surface area contributed by atoms with Gasteiger partial charge in [-0.2, -0.15) is 0 Å². The number of hydrogen-bond acceptors (Lipinski definition) is 6. The minimum Gasteiger partial charge on any atom is -0.465 e.